The van der Waals surface area contributed by atoms with Gasteiger partial charge < -0.3 is 5.32 Å². The largest absolute Gasteiger partial charge is 0.381 e. The molecule has 8 heteroatoms. The first-order chi connectivity index (χ1) is 11.2. The number of hydrogen-bond acceptors (Lipinski definition) is 5. The number of anilines is 1. The normalized spacial score (nSPS) is 14.2. The van der Waals surface area contributed by atoms with Crippen LogP contribution >= 0.6 is 11.6 Å². The van der Waals surface area contributed by atoms with E-state index in [1.54, 1.807) is 11.0 Å². The second-order valence-electron chi connectivity index (χ2n) is 5.79. The number of H-pyrrole nitrogens is 1. The van der Waals surface area contributed by atoms with Crippen LogP contribution in [0.15, 0.2) is 24.5 Å². The van der Waals surface area contributed by atoms with Gasteiger partial charge in [-0.3, -0.25) is 5.10 Å². The number of nitrogens with zero attached hydrogens (tertiary/aromatic N) is 5. The maximum absolute atomic E-state index is 6.21. The van der Waals surface area contributed by atoms with Crippen molar-refractivity contribution in [3.63, 3.8) is 0 Å². The Balaban J connectivity index is 1.56. The summed E-state index contributed by atoms with van der Waals surface area (Å²) in [6.07, 6.45) is 4.00. The number of aryl methyl sites for hydroxylation is 1. The van der Waals surface area contributed by atoms with E-state index in [0.29, 0.717) is 17.6 Å². The van der Waals surface area contributed by atoms with Crippen molar-refractivity contribution in [2.75, 3.05) is 5.32 Å². The molecule has 0 aliphatic heterocycles. The average molecular weight is 330 g/mol. The summed E-state index contributed by atoms with van der Waals surface area (Å²) in [5, 5.41) is 22.5. The number of aromatic nitrogens is 6. The highest BCUT2D eigenvalue weighted by Gasteiger charge is 2.29. The van der Waals surface area contributed by atoms with E-state index >= 15 is 0 Å². The van der Waals surface area contributed by atoms with E-state index in [4.69, 9.17) is 11.6 Å². The molecule has 2 heterocycles. The zero-order valence-electron chi connectivity index (χ0n) is 12.6. The SMILES string of the molecule is Cc1ccc(NCc2c(Cl)n[nH]c2C2CC2)cc1-n1cnnn1. The van der Waals surface area contributed by atoms with Gasteiger partial charge in [-0.05, 0) is 47.9 Å². The number of halogens is 1. The smallest absolute Gasteiger partial charge is 0.156 e. The Bertz CT molecular complexity index is 820. The van der Waals surface area contributed by atoms with Crippen LogP contribution in [0.2, 0.25) is 5.15 Å². The van der Waals surface area contributed by atoms with Gasteiger partial charge in [0.1, 0.15) is 6.33 Å². The lowest BCUT2D eigenvalue weighted by Gasteiger charge is -2.11. The van der Waals surface area contributed by atoms with Gasteiger partial charge in [0, 0.05) is 29.4 Å². The fraction of sp³-hybridized carbons (Fsp3) is 0.333. The van der Waals surface area contributed by atoms with Gasteiger partial charge in [-0.25, -0.2) is 4.68 Å². The van der Waals surface area contributed by atoms with Crippen molar-refractivity contribution in [3.05, 3.63) is 46.5 Å². The molecule has 0 amide bonds. The third kappa shape index (κ3) is 2.79. The Morgan fingerprint density at radius 1 is 1.39 bits per heavy atom. The maximum atomic E-state index is 6.21. The fourth-order valence-corrected chi connectivity index (χ4v) is 2.87. The maximum Gasteiger partial charge on any atom is 0.156 e. The summed E-state index contributed by atoms with van der Waals surface area (Å²) in [6, 6.07) is 6.10. The van der Waals surface area contributed by atoms with Crippen molar-refractivity contribution in [2.24, 2.45) is 0 Å². The molecule has 23 heavy (non-hydrogen) atoms. The molecule has 4 rings (SSSR count). The van der Waals surface area contributed by atoms with Gasteiger partial charge in [0.05, 0.1) is 5.69 Å². The van der Waals surface area contributed by atoms with E-state index in [1.165, 1.54) is 12.8 Å². The molecular weight excluding hydrogens is 314 g/mol. The second-order valence-corrected chi connectivity index (χ2v) is 6.15. The average Bonchev–Trinajstić information content (AvgIpc) is 3.11. The summed E-state index contributed by atoms with van der Waals surface area (Å²) in [6.45, 7) is 2.66. The van der Waals surface area contributed by atoms with Gasteiger partial charge in [0.15, 0.2) is 5.15 Å². The molecular formula is C15H16ClN7. The number of benzene rings is 1. The molecule has 1 aliphatic carbocycles. The van der Waals surface area contributed by atoms with Crippen LogP contribution in [0.1, 0.15) is 35.6 Å². The van der Waals surface area contributed by atoms with Crippen LogP contribution < -0.4 is 5.32 Å². The molecule has 3 aromatic rings. The fourth-order valence-electron chi connectivity index (χ4n) is 2.66. The quantitative estimate of drug-likeness (QED) is 0.752. The molecule has 118 valence electrons. The number of hydrogen-bond donors (Lipinski definition) is 2. The van der Waals surface area contributed by atoms with Crippen LogP contribution in [0.5, 0.6) is 0 Å². The summed E-state index contributed by atoms with van der Waals surface area (Å²) in [5.41, 5.74) is 5.25. The number of tetrazole rings is 1. The molecule has 0 radical (unpaired) electrons. The molecule has 0 atom stereocenters. The van der Waals surface area contributed by atoms with Gasteiger partial charge in [0.2, 0.25) is 0 Å². The van der Waals surface area contributed by atoms with Crippen LogP contribution in [0.25, 0.3) is 5.69 Å². The summed E-state index contributed by atoms with van der Waals surface area (Å²) in [7, 11) is 0. The molecule has 1 fully saturated rings. The molecule has 0 saturated heterocycles. The second kappa shape index (κ2) is 5.66. The van der Waals surface area contributed by atoms with E-state index in [2.05, 4.69) is 31.0 Å². The zero-order chi connectivity index (χ0) is 15.8. The number of nitrogens with one attached hydrogen (secondary N) is 2. The predicted octanol–water partition coefficient (Wildman–Crippen LogP) is 2.84. The first-order valence-corrected chi connectivity index (χ1v) is 7.90. The number of aromatic amines is 1. The summed E-state index contributed by atoms with van der Waals surface area (Å²) in [5.74, 6) is 0.585. The van der Waals surface area contributed by atoms with Crippen LogP contribution in [0.3, 0.4) is 0 Å². The highest BCUT2D eigenvalue weighted by Crippen LogP contribution is 2.42. The summed E-state index contributed by atoms with van der Waals surface area (Å²) < 4.78 is 1.65. The zero-order valence-corrected chi connectivity index (χ0v) is 13.4. The van der Waals surface area contributed by atoms with Crippen molar-refractivity contribution < 1.29 is 0 Å². The van der Waals surface area contributed by atoms with Gasteiger partial charge in [-0.1, -0.05) is 17.7 Å². The van der Waals surface area contributed by atoms with Crippen LogP contribution in [-0.4, -0.2) is 30.4 Å². The summed E-state index contributed by atoms with van der Waals surface area (Å²) in [4.78, 5) is 0. The Morgan fingerprint density at radius 2 is 2.26 bits per heavy atom. The highest BCUT2D eigenvalue weighted by atomic mass is 35.5. The molecule has 1 saturated carbocycles. The van der Waals surface area contributed by atoms with Crippen LogP contribution in [0.4, 0.5) is 5.69 Å². The van der Waals surface area contributed by atoms with Gasteiger partial charge in [-0.15, -0.1) is 5.10 Å². The van der Waals surface area contributed by atoms with Gasteiger partial charge >= 0.3 is 0 Å². The lowest BCUT2D eigenvalue weighted by molar-refractivity contribution is 0.785. The minimum absolute atomic E-state index is 0.548. The third-order valence-electron chi connectivity index (χ3n) is 4.11. The Morgan fingerprint density at radius 3 is 3.00 bits per heavy atom. The lowest BCUT2D eigenvalue weighted by Crippen LogP contribution is -2.04. The van der Waals surface area contributed by atoms with E-state index < -0.39 is 0 Å². The molecule has 2 N–H and O–H groups in total. The van der Waals surface area contributed by atoms with Crippen molar-refractivity contribution in [1.82, 2.24) is 30.4 Å². The molecule has 1 aromatic carbocycles. The first-order valence-electron chi connectivity index (χ1n) is 7.53. The molecule has 0 bridgehead atoms. The Labute approximate surface area is 138 Å². The molecule has 7 nitrogen and oxygen atoms in total. The Hall–Kier alpha value is -2.41. The molecule has 2 aromatic heterocycles. The first kappa shape index (κ1) is 14.2. The van der Waals surface area contributed by atoms with Gasteiger partial charge in [-0.2, -0.15) is 5.10 Å². The standard InChI is InChI=1S/C15H16ClN7/c1-9-2-5-11(6-13(9)23-8-18-21-22-23)17-7-12-14(10-3-4-10)19-20-15(12)16/h2,5-6,8,10,17H,3-4,7H2,1H3,(H,19,20). The minimum Gasteiger partial charge on any atom is -0.381 e. The molecule has 0 spiro atoms. The van der Waals surface area contributed by atoms with E-state index in [9.17, 15) is 0 Å². The van der Waals surface area contributed by atoms with Gasteiger partial charge in [0.25, 0.3) is 0 Å². The lowest BCUT2D eigenvalue weighted by atomic mass is 10.1. The molecule has 0 unspecified atom stereocenters. The number of rotatable bonds is 5. The van der Waals surface area contributed by atoms with E-state index in [1.807, 2.05) is 25.1 Å². The topological polar surface area (TPSA) is 84.3 Å². The third-order valence-corrected chi connectivity index (χ3v) is 4.42. The monoisotopic (exact) mass is 329 g/mol. The van der Waals surface area contributed by atoms with E-state index in [0.717, 1.165) is 28.2 Å². The van der Waals surface area contributed by atoms with Crippen LogP contribution in [0, 0.1) is 6.92 Å². The summed E-state index contributed by atoms with van der Waals surface area (Å²) >= 11 is 6.21. The van der Waals surface area contributed by atoms with E-state index in [-0.39, 0.29) is 0 Å². The minimum atomic E-state index is 0.548. The van der Waals surface area contributed by atoms with Crippen molar-refractivity contribution in [3.8, 4) is 5.69 Å². The van der Waals surface area contributed by atoms with Crippen molar-refractivity contribution >= 4 is 17.3 Å². The van der Waals surface area contributed by atoms with Crippen molar-refractivity contribution in [1.29, 1.82) is 0 Å². The molecule has 1 aliphatic rings. The van der Waals surface area contributed by atoms with Crippen LogP contribution in [-0.2, 0) is 6.54 Å². The highest BCUT2D eigenvalue weighted by molar-refractivity contribution is 6.30. The predicted molar refractivity (Wildman–Crippen MR) is 86.8 cm³/mol. The van der Waals surface area contributed by atoms with Crippen molar-refractivity contribution in [2.45, 2.75) is 32.2 Å². The Kier molecular flexibility index (Phi) is 3.49.